The molecule has 1 aromatic heterocycles. The summed E-state index contributed by atoms with van der Waals surface area (Å²) in [5, 5.41) is 4.47. The zero-order chi connectivity index (χ0) is 28.8. The normalized spacial score (nSPS) is 14.7. The lowest BCUT2D eigenvalue weighted by Crippen LogP contribution is -2.31. The zero-order valence-corrected chi connectivity index (χ0v) is 24.6. The molecule has 0 saturated carbocycles. The lowest BCUT2D eigenvalue weighted by atomic mass is 10.1. The molecule has 0 atom stereocenters. The van der Waals surface area contributed by atoms with Crippen molar-refractivity contribution >= 4 is 28.4 Å². The molecule has 6 nitrogen and oxygen atoms in total. The Kier molecular flexibility index (Phi) is 9.60. The number of carbonyl (C=O) groups excluding carboxylic acids is 1. The summed E-state index contributed by atoms with van der Waals surface area (Å²) in [5.41, 5.74) is 4.43. The molecule has 2 heterocycles. The number of hydrogen-bond donors (Lipinski definition) is 1. The second-order valence-corrected chi connectivity index (χ2v) is 11.2. The van der Waals surface area contributed by atoms with E-state index in [0.29, 0.717) is 29.2 Å². The lowest BCUT2D eigenvalue weighted by molar-refractivity contribution is 0.0952. The number of benzene rings is 3. The fraction of sp³-hybridized carbons (Fsp3) is 0.364. The van der Waals surface area contributed by atoms with Gasteiger partial charge in [-0.1, -0.05) is 59.6 Å². The molecule has 0 radical (unpaired) electrons. The van der Waals surface area contributed by atoms with E-state index in [4.69, 9.17) is 16.3 Å². The number of methoxy groups -OCH3 is 1. The number of nitrogens with one attached hydrogen (secondary N) is 1. The Balaban J connectivity index is 1.21. The van der Waals surface area contributed by atoms with Crippen molar-refractivity contribution in [2.24, 2.45) is 0 Å². The summed E-state index contributed by atoms with van der Waals surface area (Å²) in [6.07, 6.45) is 3.92. The number of carbonyl (C=O) groups is 1. The van der Waals surface area contributed by atoms with Crippen LogP contribution in [0.1, 0.15) is 39.9 Å². The van der Waals surface area contributed by atoms with E-state index in [1.165, 1.54) is 11.6 Å². The highest BCUT2D eigenvalue weighted by Crippen LogP contribution is 2.30. The Bertz CT molecular complexity index is 1480. The Morgan fingerprint density at radius 1 is 1.00 bits per heavy atom. The summed E-state index contributed by atoms with van der Waals surface area (Å²) in [7, 11) is 1.67. The van der Waals surface area contributed by atoms with Gasteiger partial charge >= 0.3 is 0 Å². The van der Waals surface area contributed by atoms with Crippen LogP contribution >= 0.6 is 11.6 Å². The number of ether oxygens (including phenoxy) is 1. The number of amides is 1. The standard InChI is InChI=1S/C33H38ClFN4O2/c1-24-8-3-9-25(20-24)21-36-33(40)27-23-39(32-26(27)10-4-13-31(32)41-2)17-7-15-37-14-6-16-38(19-18-37)22-28-29(34)11-5-12-30(28)35/h3-5,8-13,20,23H,6-7,14-19,21-22H2,1-2H3,(H,36,40). The molecule has 1 aliphatic heterocycles. The van der Waals surface area contributed by atoms with Gasteiger partial charge in [0, 0.05) is 54.9 Å². The zero-order valence-electron chi connectivity index (χ0n) is 23.8. The van der Waals surface area contributed by atoms with Crippen LogP contribution in [-0.4, -0.2) is 60.1 Å². The molecule has 5 rings (SSSR count). The Morgan fingerprint density at radius 2 is 1.78 bits per heavy atom. The second-order valence-electron chi connectivity index (χ2n) is 10.8. The molecule has 1 fully saturated rings. The maximum atomic E-state index is 14.3. The van der Waals surface area contributed by atoms with Crippen LogP contribution in [0.15, 0.2) is 66.9 Å². The molecule has 1 aliphatic rings. The summed E-state index contributed by atoms with van der Waals surface area (Å²) < 4.78 is 22.1. The van der Waals surface area contributed by atoms with E-state index in [9.17, 15) is 9.18 Å². The number of para-hydroxylation sites is 1. The van der Waals surface area contributed by atoms with Crippen LogP contribution < -0.4 is 10.1 Å². The van der Waals surface area contributed by atoms with Crippen molar-refractivity contribution < 1.29 is 13.9 Å². The maximum absolute atomic E-state index is 14.3. The minimum atomic E-state index is -0.240. The smallest absolute Gasteiger partial charge is 0.253 e. The van der Waals surface area contributed by atoms with Crippen LogP contribution in [0.2, 0.25) is 5.02 Å². The van der Waals surface area contributed by atoms with Crippen molar-refractivity contribution in [1.29, 1.82) is 0 Å². The van der Waals surface area contributed by atoms with Crippen LogP contribution in [0.3, 0.4) is 0 Å². The molecule has 216 valence electrons. The molecule has 4 aromatic rings. The van der Waals surface area contributed by atoms with Gasteiger partial charge in [0.1, 0.15) is 11.6 Å². The van der Waals surface area contributed by atoms with Gasteiger partial charge in [-0.25, -0.2) is 4.39 Å². The molecular formula is C33H38ClFN4O2. The molecule has 0 spiro atoms. The molecule has 41 heavy (non-hydrogen) atoms. The number of aryl methyl sites for hydroxylation is 2. The Morgan fingerprint density at radius 3 is 2.59 bits per heavy atom. The summed E-state index contributed by atoms with van der Waals surface area (Å²) in [6, 6.07) is 18.9. The van der Waals surface area contributed by atoms with Crippen molar-refractivity contribution in [3.63, 3.8) is 0 Å². The molecule has 1 amide bonds. The molecule has 8 heteroatoms. The number of fused-ring (bicyclic) bond motifs is 1. The minimum absolute atomic E-state index is 0.0916. The van der Waals surface area contributed by atoms with Gasteiger partial charge in [-0.05, 0) is 63.2 Å². The SMILES string of the molecule is COc1cccc2c(C(=O)NCc3cccc(C)c3)cn(CCCN3CCCN(Cc4c(F)cccc4Cl)CC3)c12. The molecular weight excluding hydrogens is 539 g/mol. The number of aromatic nitrogens is 1. The van der Waals surface area contributed by atoms with E-state index in [-0.39, 0.29) is 11.7 Å². The first kappa shape index (κ1) is 29.1. The van der Waals surface area contributed by atoms with Gasteiger partial charge in [0.25, 0.3) is 5.91 Å². The van der Waals surface area contributed by atoms with E-state index in [0.717, 1.165) is 74.3 Å². The quantitative estimate of drug-likeness (QED) is 0.241. The molecule has 3 aromatic carbocycles. The van der Waals surface area contributed by atoms with Gasteiger partial charge in [0.2, 0.25) is 0 Å². The highest BCUT2D eigenvalue weighted by atomic mass is 35.5. The fourth-order valence-corrected chi connectivity index (χ4v) is 5.95. The van der Waals surface area contributed by atoms with E-state index in [1.54, 1.807) is 19.2 Å². The Labute approximate surface area is 246 Å². The third-order valence-corrected chi connectivity index (χ3v) is 8.21. The first-order valence-corrected chi connectivity index (χ1v) is 14.7. The van der Waals surface area contributed by atoms with Gasteiger partial charge in [-0.15, -0.1) is 0 Å². The van der Waals surface area contributed by atoms with E-state index in [1.807, 2.05) is 36.5 Å². The predicted octanol–water partition coefficient (Wildman–Crippen LogP) is 6.28. The third kappa shape index (κ3) is 7.10. The third-order valence-electron chi connectivity index (χ3n) is 7.86. The van der Waals surface area contributed by atoms with E-state index in [2.05, 4.69) is 38.7 Å². The van der Waals surface area contributed by atoms with E-state index < -0.39 is 0 Å². The summed E-state index contributed by atoms with van der Waals surface area (Å²) in [4.78, 5) is 18.0. The maximum Gasteiger partial charge on any atom is 0.253 e. The van der Waals surface area contributed by atoms with Gasteiger partial charge < -0.3 is 19.5 Å². The van der Waals surface area contributed by atoms with E-state index >= 15 is 0 Å². The summed E-state index contributed by atoms with van der Waals surface area (Å²) in [6.45, 7) is 8.49. The van der Waals surface area contributed by atoms with Gasteiger partial charge in [0.05, 0.1) is 18.2 Å². The highest BCUT2D eigenvalue weighted by molar-refractivity contribution is 6.31. The monoisotopic (exact) mass is 576 g/mol. The molecule has 0 aliphatic carbocycles. The van der Waals surface area contributed by atoms with Crippen LogP contribution in [0, 0.1) is 12.7 Å². The topological polar surface area (TPSA) is 49.7 Å². The van der Waals surface area contributed by atoms with Crippen molar-refractivity contribution in [1.82, 2.24) is 19.7 Å². The van der Waals surface area contributed by atoms with Crippen LogP contribution in [0.25, 0.3) is 10.9 Å². The first-order valence-electron chi connectivity index (χ1n) is 14.3. The average Bonchev–Trinajstić information content (AvgIpc) is 3.19. The first-order chi connectivity index (χ1) is 19.9. The molecule has 0 bridgehead atoms. The number of halogens is 2. The number of rotatable bonds is 10. The van der Waals surface area contributed by atoms with Gasteiger partial charge in [-0.2, -0.15) is 0 Å². The second kappa shape index (κ2) is 13.5. The van der Waals surface area contributed by atoms with Crippen molar-refractivity contribution in [3.05, 3.63) is 100.0 Å². The fourth-order valence-electron chi connectivity index (χ4n) is 5.73. The molecule has 0 unspecified atom stereocenters. The summed E-state index contributed by atoms with van der Waals surface area (Å²) >= 11 is 6.27. The van der Waals surface area contributed by atoms with Gasteiger partial charge in [0.15, 0.2) is 0 Å². The highest BCUT2D eigenvalue weighted by Gasteiger charge is 2.20. The molecule has 1 saturated heterocycles. The van der Waals surface area contributed by atoms with Crippen LogP contribution in [0.4, 0.5) is 4.39 Å². The van der Waals surface area contributed by atoms with Crippen LogP contribution in [0.5, 0.6) is 5.75 Å². The predicted molar refractivity (Wildman–Crippen MR) is 163 cm³/mol. The lowest BCUT2D eigenvalue weighted by Gasteiger charge is -2.22. The average molecular weight is 577 g/mol. The molecule has 1 N–H and O–H groups in total. The summed E-state index contributed by atoms with van der Waals surface area (Å²) in [5.74, 6) is 0.430. The van der Waals surface area contributed by atoms with Crippen molar-refractivity contribution in [2.75, 3.05) is 39.8 Å². The van der Waals surface area contributed by atoms with Gasteiger partial charge in [-0.3, -0.25) is 9.69 Å². The van der Waals surface area contributed by atoms with Crippen molar-refractivity contribution in [3.8, 4) is 5.75 Å². The number of nitrogens with zero attached hydrogens (tertiary/aromatic N) is 3. The minimum Gasteiger partial charge on any atom is -0.495 e. The van der Waals surface area contributed by atoms with Crippen molar-refractivity contribution in [2.45, 2.75) is 39.4 Å². The Hall–Kier alpha value is -3.39. The number of hydrogen-bond acceptors (Lipinski definition) is 4. The van der Waals surface area contributed by atoms with Crippen LogP contribution in [-0.2, 0) is 19.6 Å². The largest absolute Gasteiger partial charge is 0.495 e.